The molecule has 2 rings (SSSR count). The lowest BCUT2D eigenvalue weighted by molar-refractivity contribution is -0.121. The third kappa shape index (κ3) is 4.47. The van der Waals surface area contributed by atoms with Crippen LogP contribution < -0.4 is 9.62 Å². The molecule has 0 atom stereocenters. The van der Waals surface area contributed by atoms with Gasteiger partial charge in [-0.15, -0.1) is 0 Å². The predicted octanol–water partition coefficient (Wildman–Crippen LogP) is 2.24. The van der Waals surface area contributed by atoms with E-state index in [-0.39, 0.29) is 24.8 Å². The summed E-state index contributed by atoms with van der Waals surface area (Å²) in [6.07, 6.45) is 3.41. The van der Waals surface area contributed by atoms with Crippen molar-refractivity contribution in [2.75, 3.05) is 17.1 Å². The largest absolute Gasteiger partial charge is 0.353 e. The summed E-state index contributed by atoms with van der Waals surface area (Å²) in [5.74, 6) is 0.124. The molecule has 0 radical (unpaired) electrons. The van der Waals surface area contributed by atoms with Gasteiger partial charge >= 0.3 is 0 Å². The van der Waals surface area contributed by atoms with E-state index >= 15 is 0 Å². The second-order valence-corrected chi connectivity index (χ2v) is 8.05. The van der Waals surface area contributed by atoms with Crippen LogP contribution in [-0.4, -0.2) is 33.2 Å². The highest BCUT2D eigenvalue weighted by atomic mass is 32.2. The minimum atomic E-state index is -3.43. The van der Waals surface area contributed by atoms with E-state index in [4.69, 9.17) is 0 Å². The van der Waals surface area contributed by atoms with Gasteiger partial charge in [0.1, 0.15) is 0 Å². The Morgan fingerprint density at radius 2 is 1.95 bits per heavy atom. The molecule has 0 saturated heterocycles. The second-order valence-electron chi connectivity index (χ2n) is 6.14. The molecular weight excluding hydrogens is 300 g/mol. The van der Waals surface area contributed by atoms with Crippen LogP contribution in [0.25, 0.3) is 0 Å². The molecule has 0 unspecified atom stereocenters. The average Bonchev–Trinajstić information content (AvgIpc) is 3.21. The summed E-state index contributed by atoms with van der Waals surface area (Å²) in [6.45, 7) is 4.22. The fraction of sp³-hybridized carbons (Fsp3) is 0.562. The van der Waals surface area contributed by atoms with Gasteiger partial charge in [-0.1, -0.05) is 32.0 Å². The molecule has 1 fully saturated rings. The van der Waals surface area contributed by atoms with Crippen molar-refractivity contribution < 1.29 is 13.2 Å². The number of carbonyl (C=O) groups excluding carboxylic acids is 1. The SMILES string of the molecule is CC(C)c1ccccc1N(CCC(=O)NC1CC1)S(C)(=O)=O. The van der Waals surface area contributed by atoms with Gasteiger partial charge in [0.2, 0.25) is 15.9 Å². The number of para-hydroxylation sites is 1. The maximum absolute atomic E-state index is 12.1. The Kier molecular flexibility index (Phi) is 5.11. The van der Waals surface area contributed by atoms with Gasteiger partial charge in [-0.25, -0.2) is 8.42 Å². The van der Waals surface area contributed by atoms with Gasteiger partial charge < -0.3 is 5.32 Å². The van der Waals surface area contributed by atoms with Crippen molar-refractivity contribution in [3.05, 3.63) is 29.8 Å². The van der Waals surface area contributed by atoms with Gasteiger partial charge in [-0.2, -0.15) is 0 Å². The molecule has 1 aliphatic rings. The Labute approximate surface area is 132 Å². The van der Waals surface area contributed by atoms with E-state index in [2.05, 4.69) is 5.32 Å². The van der Waals surface area contributed by atoms with E-state index in [1.807, 2.05) is 32.0 Å². The molecular formula is C16H24N2O3S. The average molecular weight is 324 g/mol. The molecule has 6 heteroatoms. The summed E-state index contributed by atoms with van der Waals surface area (Å²) in [5, 5.41) is 2.89. The van der Waals surface area contributed by atoms with E-state index in [0.29, 0.717) is 11.7 Å². The number of anilines is 1. The van der Waals surface area contributed by atoms with Crippen molar-refractivity contribution in [1.82, 2.24) is 5.32 Å². The number of amides is 1. The normalized spacial score (nSPS) is 14.9. The van der Waals surface area contributed by atoms with Crippen molar-refractivity contribution >= 4 is 21.6 Å². The van der Waals surface area contributed by atoms with Crippen molar-refractivity contribution in [2.45, 2.75) is 45.1 Å². The Morgan fingerprint density at radius 1 is 1.32 bits per heavy atom. The summed E-state index contributed by atoms with van der Waals surface area (Å²) in [5.41, 5.74) is 1.63. The number of hydrogen-bond acceptors (Lipinski definition) is 3. The van der Waals surface area contributed by atoms with E-state index in [9.17, 15) is 13.2 Å². The first-order chi connectivity index (χ1) is 10.3. The number of nitrogens with one attached hydrogen (secondary N) is 1. The lowest BCUT2D eigenvalue weighted by Gasteiger charge is -2.26. The number of nitrogens with zero attached hydrogens (tertiary/aromatic N) is 1. The number of hydrogen-bond donors (Lipinski definition) is 1. The molecule has 0 bridgehead atoms. The zero-order valence-electron chi connectivity index (χ0n) is 13.4. The highest BCUT2D eigenvalue weighted by molar-refractivity contribution is 7.92. The molecule has 1 amide bonds. The Morgan fingerprint density at radius 3 is 2.50 bits per heavy atom. The molecule has 1 aromatic rings. The van der Waals surface area contributed by atoms with Crippen molar-refractivity contribution in [1.29, 1.82) is 0 Å². The molecule has 0 spiro atoms. The maximum Gasteiger partial charge on any atom is 0.232 e. The summed E-state index contributed by atoms with van der Waals surface area (Å²) in [7, 11) is -3.43. The zero-order valence-corrected chi connectivity index (χ0v) is 14.2. The fourth-order valence-corrected chi connectivity index (χ4v) is 3.34. The minimum absolute atomic E-state index is 0.0850. The zero-order chi connectivity index (χ0) is 16.3. The lowest BCUT2D eigenvalue weighted by Crippen LogP contribution is -2.35. The fourth-order valence-electron chi connectivity index (χ4n) is 2.40. The van der Waals surface area contributed by atoms with Gasteiger partial charge in [0, 0.05) is 19.0 Å². The van der Waals surface area contributed by atoms with Gasteiger partial charge in [-0.3, -0.25) is 9.10 Å². The first-order valence-electron chi connectivity index (χ1n) is 7.65. The van der Waals surface area contributed by atoms with Crippen LogP contribution in [0.3, 0.4) is 0 Å². The molecule has 0 heterocycles. The predicted molar refractivity (Wildman–Crippen MR) is 88.5 cm³/mol. The van der Waals surface area contributed by atoms with Crippen LogP contribution in [0.5, 0.6) is 0 Å². The van der Waals surface area contributed by atoms with Crippen LogP contribution in [0.1, 0.15) is 44.6 Å². The number of benzene rings is 1. The topological polar surface area (TPSA) is 66.5 Å². The van der Waals surface area contributed by atoms with E-state index in [0.717, 1.165) is 18.4 Å². The molecule has 5 nitrogen and oxygen atoms in total. The molecule has 122 valence electrons. The monoisotopic (exact) mass is 324 g/mol. The maximum atomic E-state index is 12.1. The van der Waals surface area contributed by atoms with Crippen molar-refractivity contribution in [3.8, 4) is 0 Å². The highest BCUT2D eigenvalue weighted by Crippen LogP contribution is 2.29. The van der Waals surface area contributed by atoms with Crippen LogP contribution in [0, 0.1) is 0 Å². The molecule has 1 aliphatic carbocycles. The number of carbonyl (C=O) groups is 1. The van der Waals surface area contributed by atoms with Crippen LogP contribution in [0.2, 0.25) is 0 Å². The molecule has 22 heavy (non-hydrogen) atoms. The first kappa shape index (κ1) is 16.8. The van der Waals surface area contributed by atoms with Gasteiger partial charge in [0.25, 0.3) is 0 Å². The van der Waals surface area contributed by atoms with Crippen LogP contribution in [0.15, 0.2) is 24.3 Å². The van der Waals surface area contributed by atoms with Crippen LogP contribution >= 0.6 is 0 Å². The first-order valence-corrected chi connectivity index (χ1v) is 9.50. The van der Waals surface area contributed by atoms with Crippen molar-refractivity contribution in [2.24, 2.45) is 0 Å². The standard InChI is InChI=1S/C16H24N2O3S/c1-12(2)14-6-4-5-7-15(14)18(22(3,20)21)11-10-16(19)17-13-8-9-13/h4-7,12-13H,8-11H2,1-3H3,(H,17,19). The smallest absolute Gasteiger partial charge is 0.232 e. The summed E-state index contributed by atoms with van der Waals surface area (Å²) >= 11 is 0. The molecule has 1 saturated carbocycles. The summed E-state index contributed by atoms with van der Waals surface area (Å²) < 4.78 is 25.6. The Hall–Kier alpha value is -1.56. The third-order valence-corrected chi connectivity index (χ3v) is 4.89. The van der Waals surface area contributed by atoms with E-state index in [1.54, 1.807) is 6.07 Å². The van der Waals surface area contributed by atoms with Crippen LogP contribution in [-0.2, 0) is 14.8 Å². The van der Waals surface area contributed by atoms with Gasteiger partial charge in [-0.05, 0) is 30.4 Å². The number of sulfonamides is 1. The molecule has 1 aromatic carbocycles. The van der Waals surface area contributed by atoms with Gasteiger partial charge in [0.15, 0.2) is 0 Å². The Balaban J connectivity index is 2.18. The quantitative estimate of drug-likeness (QED) is 0.836. The van der Waals surface area contributed by atoms with Crippen molar-refractivity contribution in [3.63, 3.8) is 0 Å². The van der Waals surface area contributed by atoms with Gasteiger partial charge in [0.05, 0.1) is 11.9 Å². The number of rotatable bonds is 7. The lowest BCUT2D eigenvalue weighted by atomic mass is 10.0. The third-order valence-electron chi connectivity index (χ3n) is 3.71. The molecule has 1 N–H and O–H groups in total. The summed E-state index contributed by atoms with van der Waals surface area (Å²) in [4.78, 5) is 11.8. The van der Waals surface area contributed by atoms with E-state index < -0.39 is 10.0 Å². The second kappa shape index (κ2) is 6.69. The highest BCUT2D eigenvalue weighted by Gasteiger charge is 2.25. The van der Waals surface area contributed by atoms with Crippen LogP contribution in [0.4, 0.5) is 5.69 Å². The Bertz CT molecular complexity index is 637. The molecule has 0 aliphatic heterocycles. The van der Waals surface area contributed by atoms with E-state index in [1.165, 1.54) is 10.6 Å². The minimum Gasteiger partial charge on any atom is -0.353 e. The molecule has 0 aromatic heterocycles. The summed E-state index contributed by atoms with van der Waals surface area (Å²) in [6, 6.07) is 7.75.